The molecule has 0 spiro atoms. The van der Waals surface area contributed by atoms with Crippen LogP contribution >= 0.6 is 38.9 Å². The van der Waals surface area contributed by atoms with E-state index in [0.29, 0.717) is 69.6 Å². The van der Waals surface area contributed by atoms with Gasteiger partial charge < -0.3 is 15.5 Å². The normalized spacial score (nSPS) is 17.8. The number of fused-ring (bicyclic) bond motifs is 1. The van der Waals surface area contributed by atoms with Gasteiger partial charge in [-0.3, -0.25) is 39.1 Å². The Morgan fingerprint density at radius 1 is 1.06 bits per heavy atom. The third-order valence-corrected chi connectivity index (χ3v) is 11.1. The van der Waals surface area contributed by atoms with Crippen molar-refractivity contribution in [1.29, 1.82) is 0 Å². The summed E-state index contributed by atoms with van der Waals surface area (Å²) in [7, 11) is 0. The molecule has 2 aromatic heterocycles. The van der Waals surface area contributed by atoms with E-state index >= 15 is 0 Å². The van der Waals surface area contributed by atoms with Crippen molar-refractivity contribution in [3.05, 3.63) is 85.0 Å². The summed E-state index contributed by atoms with van der Waals surface area (Å²) < 4.78 is 0.527. The number of nitrogens with one attached hydrogen (secondary N) is 3. The van der Waals surface area contributed by atoms with E-state index in [1.165, 1.54) is 17.5 Å². The van der Waals surface area contributed by atoms with Crippen LogP contribution in [0.5, 0.6) is 0 Å². The number of aromatic nitrogens is 3. The van der Waals surface area contributed by atoms with Gasteiger partial charge in [0.05, 0.1) is 28.0 Å². The van der Waals surface area contributed by atoms with Crippen molar-refractivity contribution < 1.29 is 24.0 Å². The molecule has 4 aromatic rings. The summed E-state index contributed by atoms with van der Waals surface area (Å²) in [6.07, 6.45) is 1.67. The largest absolute Gasteiger partial charge is 0.354 e. The first-order valence-corrected chi connectivity index (χ1v) is 18.1. The van der Waals surface area contributed by atoms with Crippen LogP contribution in [0.4, 0.5) is 22.5 Å². The predicted octanol–water partition coefficient (Wildman–Crippen LogP) is 4.69. The van der Waals surface area contributed by atoms with Crippen LogP contribution in [0.2, 0.25) is 5.02 Å². The minimum Gasteiger partial charge on any atom is -0.354 e. The lowest BCUT2D eigenvalue weighted by molar-refractivity contribution is -0.136. The van der Waals surface area contributed by atoms with Crippen molar-refractivity contribution in [1.82, 2.24) is 30.1 Å². The van der Waals surface area contributed by atoms with E-state index < -0.39 is 29.7 Å². The standard InChI is InChI=1S/C34H31BrClN9O5S/c1-17-4-3-5-21(36)29(17)42-31(48)23-15-37-34(51-23)40-24-14-25(39-18(2)38-24)44-12-10-43(11-13-44)16-19-6-7-20-27(28(19)35)33(50)45(32(20)49)22-8-9-26(46)41-30(22)47/h3-7,14-15,22H,8-13,16H2,1-2H3,(H,42,48)(H,41,46,47)(H,37,38,39,40). The number of imide groups is 2. The lowest BCUT2D eigenvalue weighted by Crippen LogP contribution is -2.54. The number of piperazine rings is 1. The Morgan fingerprint density at radius 3 is 2.59 bits per heavy atom. The number of benzene rings is 2. The summed E-state index contributed by atoms with van der Waals surface area (Å²) in [5, 5.41) is 9.26. The van der Waals surface area contributed by atoms with E-state index in [1.807, 2.05) is 38.1 Å². The zero-order chi connectivity index (χ0) is 36.0. The molecule has 2 saturated heterocycles. The highest BCUT2D eigenvalue weighted by molar-refractivity contribution is 9.10. The summed E-state index contributed by atoms with van der Waals surface area (Å²) in [5.41, 5.74) is 2.73. The third kappa shape index (κ3) is 6.96. The van der Waals surface area contributed by atoms with Crippen molar-refractivity contribution in [3.63, 3.8) is 0 Å². The fourth-order valence-corrected chi connectivity index (χ4v) is 7.98. The number of carbonyl (C=O) groups is 5. The topological polar surface area (TPSA) is 170 Å². The molecule has 17 heteroatoms. The molecule has 0 radical (unpaired) electrons. The van der Waals surface area contributed by atoms with Gasteiger partial charge >= 0.3 is 0 Å². The van der Waals surface area contributed by atoms with Gasteiger partial charge in [-0.1, -0.05) is 41.1 Å². The van der Waals surface area contributed by atoms with Crippen LogP contribution in [0, 0.1) is 13.8 Å². The maximum atomic E-state index is 13.4. The molecule has 3 N–H and O–H groups in total. The van der Waals surface area contributed by atoms with Gasteiger partial charge in [0.2, 0.25) is 11.8 Å². The van der Waals surface area contributed by atoms with E-state index in [1.54, 1.807) is 12.1 Å². The highest BCUT2D eigenvalue weighted by Crippen LogP contribution is 2.35. The first-order valence-electron chi connectivity index (χ1n) is 16.1. The molecule has 7 rings (SSSR count). The average molecular weight is 793 g/mol. The van der Waals surface area contributed by atoms with E-state index in [4.69, 9.17) is 11.6 Å². The third-order valence-electron chi connectivity index (χ3n) is 8.97. The van der Waals surface area contributed by atoms with Gasteiger partial charge in [-0.2, -0.15) is 0 Å². The van der Waals surface area contributed by atoms with Gasteiger partial charge in [0.1, 0.15) is 28.4 Å². The van der Waals surface area contributed by atoms with Gasteiger partial charge in [0, 0.05) is 49.7 Å². The van der Waals surface area contributed by atoms with Crippen molar-refractivity contribution in [3.8, 4) is 0 Å². The van der Waals surface area contributed by atoms with Crippen LogP contribution in [-0.4, -0.2) is 86.5 Å². The maximum absolute atomic E-state index is 13.4. The van der Waals surface area contributed by atoms with Crippen molar-refractivity contribution >= 4 is 90.9 Å². The number of rotatable bonds is 8. The molecule has 1 atom stereocenters. The number of thiazole rings is 1. The maximum Gasteiger partial charge on any atom is 0.267 e. The summed E-state index contributed by atoms with van der Waals surface area (Å²) >= 11 is 11.1. The van der Waals surface area contributed by atoms with Crippen LogP contribution < -0.4 is 20.9 Å². The molecule has 51 heavy (non-hydrogen) atoms. The Hall–Kier alpha value is -4.77. The van der Waals surface area contributed by atoms with Crippen LogP contribution in [0.15, 0.2) is 47.1 Å². The molecule has 3 aliphatic heterocycles. The zero-order valence-electron chi connectivity index (χ0n) is 27.5. The van der Waals surface area contributed by atoms with Gasteiger partial charge in [0.15, 0.2) is 5.13 Å². The fraction of sp³-hybridized carbons (Fsp3) is 0.294. The minimum atomic E-state index is -1.02. The number of aryl methyl sites for hydroxylation is 2. The molecular weight excluding hydrogens is 762 g/mol. The molecule has 0 aliphatic carbocycles. The Labute approximate surface area is 309 Å². The summed E-state index contributed by atoms with van der Waals surface area (Å²) in [5.74, 6) is -0.565. The van der Waals surface area contributed by atoms with Gasteiger partial charge in [-0.05, 0) is 59.5 Å². The smallest absolute Gasteiger partial charge is 0.267 e. The monoisotopic (exact) mass is 791 g/mol. The number of amides is 5. The SMILES string of the molecule is Cc1nc(Nc2ncc(C(=O)Nc3c(C)cccc3Cl)s2)cc(N2CCN(Cc3ccc4c(c3Br)C(=O)N(C3CCC(=O)NC3=O)C4=O)CC2)n1. The number of nitrogens with zero attached hydrogens (tertiary/aromatic N) is 6. The second-order valence-electron chi connectivity index (χ2n) is 12.4. The van der Waals surface area contributed by atoms with E-state index in [-0.39, 0.29) is 29.9 Å². The highest BCUT2D eigenvalue weighted by Gasteiger charge is 2.45. The Balaban J connectivity index is 0.977. The number of hydrogen-bond donors (Lipinski definition) is 3. The molecule has 3 aliphatic rings. The van der Waals surface area contributed by atoms with Crippen LogP contribution in [-0.2, 0) is 16.1 Å². The van der Waals surface area contributed by atoms with Crippen LogP contribution in [0.1, 0.15) is 60.2 Å². The number of carbonyl (C=O) groups excluding carboxylic acids is 5. The number of para-hydroxylation sites is 1. The Morgan fingerprint density at radius 2 is 1.84 bits per heavy atom. The van der Waals surface area contributed by atoms with Gasteiger partial charge in [0.25, 0.3) is 17.7 Å². The number of hydrogen-bond acceptors (Lipinski definition) is 12. The molecule has 5 heterocycles. The lowest BCUT2D eigenvalue weighted by atomic mass is 10.0. The van der Waals surface area contributed by atoms with Crippen molar-refractivity contribution in [2.75, 3.05) is 41.7 Å². The summed E-state index contributed by atoms with van der Waals surface area (Å²) in [4.78, 5) is 83.0. The first kappa shape index (κ1) is 34.7. The zero-order valence-corrected chi connectivity index (χ0v) is 30.6. The summed E-state index contributed by atoms with van der Waals surface area (Å²) in [6, 6.07) is 9.71. The van der Waals surface area contributed by atoms with Crippen molar-refractivity contribution in [2.45, 2.75) is 39.3 Å². The highest BCUT2D eigenvalue weighted by atomic mass is 79.9. The average Bonchev–Trinajstić information content (AvgIpc) is 3.66. The molecule has 1 unspecified atom stereocenters. The molecular formula is C34H31BrClN9O5S. The molecule has 5 amide bonds. The molecule has 2 fully saturated rings. The minimum absolute atomic E-state index is 0.0626. The Kier molecular flexibility index (Phi) is 9.58. The van der Waals surface area contributed by atoms with Crippen LogP contribution in [0.3, 0.4) is 0 Å². The van der Waals surface area contributed by atoms with E-state index in [9.17, 15) is 24.0 Å². The van der Waals surface area contributed by atoms with Gasteiger partial charge in [-0.25, -0.2) is 15.0 Å². The summed E-state index contributed by atoms with van der Waals surface area (Å²) in [6.45, 7) is 7.01. The predicted molar refractivity (Wildman–Crippen MR) is 195 cm³/mol. The molecule has 262 valence electrons. The van der Waals surface area contributed by atoms with E-state index in [2.05, 4.69) is 56.6 Å². The lowest BCUT2D eigenvalue weighted by Gasteiger charge is -2.35. The second-order valence-corrected chi connectivity index (χ2v) is 14.6. The Bertz CT molecular complexity index is 2100. The van der Waals surface area contributed by atoms with Gasteiger partial charge in [-0.15, -0.1) is 0 Å². The molecule has 14 nitrogen and oxygen atoms in total. The molecule has 2 aromatic carbocycles. The molecule has 0 saturated carbocycles. The van der Waals surface area contributed by atoms with E-state index in [0.717, 1.165) is 21.8 Å². The van der Waals surface area contributed by atoms with Crippen LogP contribution in [0.25, 0.3) is 0 Å². The first-order chi connectivity index (χ1) is 24.5. The fourth-order valence-electron chi connectivity index (χ4n) is 6.35. The quantitative estimate of drug-likeness (QED) is 0.212. The number of piperidine rings is 1. The number of anilines is 4. The van der Waals surface area contributed by atoms with Crippen molar-refractivity contribution in [2.24, 2.45) is 0 Å². The number of halogens is 2. The second kappa shape index (κ2) is 14.1. The molecule has 0 bridgehead atoms.